The van der Waals surface area contributed by atoms with Crippen LogP contribution in [0.4, 0.5) is 0 Å². The molecule has 0 spiro atoms. The molecule has 0 atom stereocenters. The van der Waals surface area contributed by atoms with E-state index in [0.717, 1.165) is 29.5 Å². The molecule has 0 saturated carbocycles. The first-order chi connectivity index (χ1) is 7.75. The van der Waals surface area contributed by atoms with E-state index in [-0.39, 0.29) is 0 Å². The lowest BCUT2D eigenvalue weighted by molar-refractivity contribution is 0.666. The quantitative estimate of drug-likeness (QED) is 0.877. The minimum Gasteiger partial charge on any atom is -0.305 e. The van der Waals surface area contributed by atoms with Crippen molar-refractivity contribution < 1.29 is 0 Å². The summed E-state index contributed by atoms with van der Waals surface area (Å²) in [6, 6.07) is 3.85. The molecule has 0 amide bonds. The summed E-state index contributed by atoms with van der Waals surface area (Å²) in [5.41, 5.74) is 2.08. The van der Waals surface area contributed by atoms with Gasteiger partial charge in [-0.15, -0.1) is 11.3 Å². The number of aryl methyl sites for hydroxylation is 2. The Kier molecular flexibility index (Phi) is 3.58. The predicted octanol–water partition coefficient (Wildman–Crippen LogP) is 1.84. The lowest BCUT2D eigenvalue weighted by atomic mass is 10.4. The summed E-state index contributed by atoms with van der Waals surface area (Å²) in [6.45, 7) is 5.65. The smallest absolute Gasteiger partial charge is 0.107 e. The van der Waals surface area contributed by atoms with Gasteiger partial charge in [0.1, 0.15) is 5.01 Å². The predicted molar refractivity (Wildman–Crippen MR) is 64.2 cm³/mol. The highest BCUT2D eigenvalue weighted by Crippen LogP contribution is 2.15. The molecule has 0 radical (unpaired) electrons. The van der Waals surface area contributed by atoms with E-state index in [1.807, 2.05) is 19.1 Å². The fourth-order valence-corrected chi connectivity index (χ4v) is 2.24. The number of rotatable bonds is 4. The lowest BCUT2D eigenvalue weighted by Gasteiger charge is -2.00. The van der Waals surface area contributed by atoms with Crippen molar-refractivity contribution >= 4 is 11.3 Å². The largest absolute Gasteiger partial charge is 0.305 e. The molecule has 1 N–H and O–H groups in total. The van der Waals surface area contributed by atoms with Crippen LogP contribution in [0.3, 0.4) is 0 Å². The number of nitrogens with zero attached hydrogens (tertiary/aromatic N) is 3. The molecule has 2 heterocycles. The molecule has 0 saturated heterocycles. The second-order valence-electron chi connectivity index (χ2n) is 3.57. The Labute approximate surface area is 98.8 Å². The first-order valence-electron chi connectivity index (χ1n) is 5.16. The lowest BCUT2D eigenvalue weighted by Crippen LogP contribution is -2.13. The van der Waals surface area contributed by atoms with Crippen molar-refractivity contribution in [3.05, 3.63) is 39.6 Å². The minimum absolute atomic E-state index is 0.728. The monoisotopic (exact) mass is 234 g/mol. The summed E-state index contributed by atoms with van der Waals surface area (Å²) in [4.78, 5) is 5.75. The Hall–Kier alpha value is -1.33. The highest BCUT2D eigenvalue weighted by atomic mass is 32.1. The molecule has 0 aliphatic rings. The van der Waals surface area contributed by atoms with Gasteiger partial charge < -0.3 is 5.32 Å². The number of aromatic nitrogens is 3. The summed E-state index contributed by atoms with van der Waals surface area (Å²) in [6.07, 6.45) is 1.68. The second kappa shape index (κ2) is 5.14. The molecular formula is C11H14N4S. The van der Waals surface area contributed by atoms with Crippen molar-refractivity contribution in [1.82, 2.24) is 20.5 Å². The van der Waals surface area contributed by atoms with Crippen molar-refractivity contribution in [1.29, 1.82) is 0 Å². The summed E-state index contributed by atoms with van der Waals surface area (Å²) in [5, 5.41) is 12.3. The first kappa shape index (κ1) is 11.2. The average molecular weight is 234 g/mol. The van der Waals surface area contributed by atoms with E-state index in [0.29, 0.717) is 0 Å². The molecule has 2 aromatic rings. The maximum absolute atomic E-state index is 4.46. The van der Waals surface area contributed by atoms with Crippen LogP contribution < -0.4 is 5.32 Å². The van der Waals surface area contributed by atoms with Gasteiger partial charge in [0, 0.05) is 24.2 Å². The molecule has 2 rings (SSSR count). The van der Waals surface area contributed by atoms with Gasteiger partial charge in [0.05, 0.1) is 11.4 Å². The Morgan fingerprint density at radius 1 is 1.31 bits per heavy atom. The Morgan fingerprint density at radius 2 is 2.19 bits per heavy atom. The van der Waals surface area contributed by atoms with Crippen molar-refractivity contribution in [2.75, 3.05) is 0 Å². The van der Waals surface area contributed by atoms with Crippen molar-refractivity contribution in [2.24, 2.45) is 0 Å². The normalized spacial score (nSPS) is 10.6. The zero-order chi connectivity index (χ0) is 11.4. The van der Waals surface area contributed by atoms with Crippen LogP contribution in [0.5, 0.6) is 0 Å². The van der Waals surface area contributed by atoms with Crippen molar-refractivity contribution in [3.8, 4) is 0 Å². The topological polar surface area (TPSA) is 50.7 Å². The summed E-state index contributed by atoms with van der Waals surface area (Å²) in [5.74, 6) is 0. The van der Waals surface area contributed by atoms with Gasteiger partial charge in [0.15, 0.2) is 0 Å². The maximum Gasteiger partial charge on any atom is 0.107 e. The highest BCUT2D eigenvalue weighted by Gasteiger charge is 2.02. The molecule has 4 nitrogen and oxygen atoms in total. The second-order valence-corrected chi connectivity index (χ2v) is 4.86. The molecule has 16 heavy (non-hydrogen) atoms. The van der Waals surface area contributed by atoms with Gasteiger partial charge in [-0.05, 0) is 26.0 Å². The Morgan fingerprint density at radius 3 is 2.81 bits per heavy atom. The van der Waals surface area contributed by atoms with Gasteiger partial charge >= 0.3 is 0 Å². The molecule has 5 heteroatoms. The van der Waals surface area contributed by atoms with Crippen LogP contribution in [0.15, 0.2) is 18.3 Å². The number of thiazole rings is 1. The van der Waals surface area contributed by atoms with Crippen LogP contribution in [-0.2, 0) is 13.1 Å². The minimum atomic E-state index is 0.728. The van der Waals surface area contributed by atoms with Crippen LogP contribution in [0.2, 0.25) is 0 Å². The Balaban J connectivity index is 1.84. The summed E-state index contributed by atoms with van der Waals surface area (Å²) < 4.78 is 0. The molecule has 0 bridgehead atoms. The highest BCUT2D eigenvalue weighted by molar-refractivity contribution is 7.11. The van der Waals surface area contributed by atoms with Gasteiger partial charge in [0.25, 0.3) is 0 Å². The van der Waals surface area contributed by atoms with Gasteiger partial charge in [-0.25, -0.2) is 4.98 Å². The molecule has 2 aromatic heterocycles. The average Bonchev–Trinajstić information content (AvgIpc) is 2.60. The van der Waals surface area contributed by atoms with E-state index < -0.39 is 0 Å². The third kappa shape index (κ3) is 2.84. The summed E-state index contributed by atoms with van der Waals surface area (Å²) in [7, 11) is 0. The van der Waals surface area contributed by atoms with Gasteiger partial charge in [0.2, 0.25) is 0 Å². The van der Waals surface area contributed by atoms with Crippen LogP contribution in [-0.4, -0.2) is 15.2 Å². The molecular weight excluding hydrogens is 220 g/mol. The molecule has 0 unspecified atom stereocenters. The number of hydrogen-bond acceptors (Lipinski definition) is 5. The van der Waals surface area contributed by atoms with Crippen molar-refractivity contribution in [3.63, 3.8) is 0 Å². The zero-order valence-electron chi connectivity index (χ0n) is 9.40. The maximum atomic E-state index is 4.46. The molecule has 0 fully saturated rings. The number of nitrogens with one attached hydrogen (secondary N) is 1. The van der Waals surface area contributed by atoms with Crippen molar-refractivity contribution in [2.45, 2.75) is 26.9 Å². The molecule has 0 aliphatic carbocycles. The third-order valence-corrected chi connectivity index (χ3v) is 3.36. The van der Waals surface area contributed by atoms with E-state index in [9.17, 15) is 0 Å². The van der Waals surface area contributed by atoms with Crippen LogP contribution in [0.25, 0.3) is 0 Å². The van der Waals surface area contributed by atoms with Crippen LogP contribution in [0, 0.1) is 13.8 Å². The SMILES string of the molecule is Cc1nc(CNCc2cccnn2)sc1C. The van der Waals surface area contributed by atoms with E-state index >= 15 is 0 Å². The molecule has 0 aliphatic heterocycles. The fourth-order valence-electron chi connectivity index (χ4n) is 1.34. The molecule has 84 valence electrons. The van der Waals surface area contributed by atoms with Gasteiger partial charge in [-0.2, -0.15) is 10.2 Å². The summed E-state index contributed by atoms with van der Waals surface area (Å²) >= 11 is 1.74. The van der Waals surface area contributed by atoms with E-state index in [4.69, 9.17) is 0 Å². The standard InChI is InChI=1S/C11H14N4S/c1-8-9(2)16-11(14-8)7-12-6-10-4-3-5-13-15-10/h3-5,12H,6-7H2,1-2H3. The fraction of sp³-hybridized carbons (Fsp3) is 0.364. The van der Waals surface area contributed by atoms with Gasteiger partial charge in [-0.3, -0.25) is 0 Å². The zero-order valence-corrected chi connectivity index (χ0v) is 10.2. The number of hydrogen-bond donors (Lipinski definition) is 1. The van der Waals surface area contributed by atoms with E-state index in [2.05, 4.69) is 27.4 Å². The van der Waals surface area contributed by atoms with Gasteiger partial charge in [-0.1, -0.05) is 0 Å². The van der Waals surface area contributed by atoms with Crippen LogP contribution >= 0.6 is 11.3 Å². The first-order valence-corrected chi connectivity index (χ1v) is 5.97. The van der Waals surface area contributed by atoms with E-state index in [1.165, 1.54) is 4.88 Å². The van der Waals surface area contributed by atoms with E-state index in [1.54, 1.807) is 17.5 Å². The molecule has 0 aromatic carbocycles. The van der Waals surface area contributed by atoms with Crippen LogP contribution in [0.1, 0.15) is 21.3 Å². The third-order valence-electron chi connectivity index (χ3n) is 2.28. The Bertz CT molecular complexity index is 433.